The number of anilines is 1. The third-order valence-electron chi connectivity index (χ3n) is 2.78. The van der Waals surface area contributed by atoms with Crippen LogP contribution < -0.4 is 10.9 Å². The highest BCUT2D eigenvalue weighted by molar-refractivity contribution is 5.59. The molecule has 116 valence electrons. The maximum Gasteiger partial charge on any atom is 0.376 e. The van der Waals surface area contributed by atoms with E-state index in [9.17, 15) is 14.9 Å². The molecule has 0 aliphatic heterocycles. The second-order valence-electron chi connectivity index (χ2n) is 4.74. The van der Waals surface area contributed by atoms with Crippen LogP contribution in [0.25, 0.3) is 5.65 Å². The summed E-state index contributed by atoms with van der Waals surface area (Å²) in [7, 11) is 0. The molecule has 22 heavy (non-hydrogen) atoms. The van der Waals surface area contributed by atoms with Crippen LogP contribution >= 0.6 is 0 Å². The van der Waals surface area contributed by atoms with Crippen LogP contribution in [0.5, 0.6) is 0 Å². The van der Waals surface area contributed by atoms with Crippen LogP contribution in [0.15, 0.2) is 41.3 Å². The largest absolute Gasteiger partial charge is 0.376 e. The molecule has 8 nitrogen and oxygen atoms in total. The SMILES string of the molecule is C=C(C)COCCNc1nc2ccccn2c(=O)c1[N+](=O)[O-]. The van der Waals surface area contributed by atoms with Gasteiger partial charge < -0.3 is 10.1 Å². The Bertz CT molecular complexity index is 769. The lowest BCUT2D eigenvalue weighted by Gasteiger charge is -2.08. The molecule has 0 spiro atoms. The number of hydrogen-bond acceptors (Lipinski definition) is 6. The van der Waals surface area contributed by atoms with Crippen LogP contribution in [0.3, 0.4) is 0 Å². The number of hydrogen-bond donors (Lipinski definition) is 1. The van der Waals surface area contributed by atoms with Crippen molar-refractivity contribution in [2.75, 3.05) is 25.1 Å². The topological polar surface area (TPSA) is 98.8 Å². The Morgan fingerprint density at radius 3 is 3.00 bits per heavy atom. The van der Waals surface area contributed by atoms with Gasteiger partial charge in [0, 0.05) is 12.7 Å². The summed E-state index contributed by atoms with van der Waals surface area (Å²) >= 11 is 0. The standard InChI is InChI=1S/C14H16N4O4/c1-10(2)9-22-8-6-15-13-12(18(20)21)14(19)17-7-4-3-5-11(17)16-13/h3-5,7,15H,1,6,8-9H2,2H3. The smallest absolute Gasteiger partial charge is 0.375 e. The molecule has 8 heteroatoms. The molecule has 0 atom stereocenters. The summed E-state index contributed by atoms with van der Waals surface area (Å²) < 4.78 is 6.43. The molecule has 0 fully saturated rings. The average Bonchev–Trinajstić information content (AvgIpc) is 2.46. The van der Waals surface area contributed by atoms with E-state index in [1.165, 1.54) is 6.20 Å². The van der Waals surface area contributed by atoms with Crippen LogP contribution in [-0.4, -0.2) is 34.1 Å². The van der Waals surface area contributed by atoms with E-state index in [-0.39, 0.29) is 5.82 Å². The number of nitro groups is 1. The van der Waals surface area contributed by atoms with Gasteiger partial charge in [0.15, 0.2) is 0 Å². The van der Waals surface area contributed by atoms with Gasteiger partial charge in [-0.1, -0.05) is 18.2 Å². The van der Waals surface area contributed by atoms with Crippen LogP contribution in [-0.2, 0) is 4.74 Å². The molecule has 0 aromatic carbocycles. The lowest BCUT2D eigenvalue weighted by atomic mass is 10.4. The number of pyridine rings is 1. The van der Waals surface area contributed by atoms with Crippen LogP contribution in [0.4, 0.5) is 11.5 Å². The fourth-order valence-corrected chi connectivity index (χ4v) is 1.86. The average molecular weight is 304 g/mol. The number of nitrogens with one attached hydrogen (secondary N) is 1. The Balaban J connectivity index is 2.24. The van der Waals surface area contributed by atoms with Crippen molar-refractivity contribution in [2.45, 2.75) is 6.92 Å². The third kappa shape index (κ3) is 3.47. The molecular weight excluding hydrogens is 288 g/mol. The second kappa shape index (κ2) is 6.81. The van der Waals surface area contributed by atoms with Gasteiger partial charge in [-0.25, -0.2) is 4.98 Å². The molecule has 0 amide bonds. The maximum atomic E-state index is 12.2. The number of rotatable bonds is 7. The lowest BCUT2D eigenvalue weighted by Crippen LogP contribution is -2.22. The van der Waals surface area contributed by atoms with Gasteiger partial charge >= 0.3 is 11.2 Å². The van der Waals surface area contributed by atoms with E-state index in [0.717, 1.165) is 9.97 Å². The fraction of sp³-hybridized carbons (Fsp3) is 0.286. The van der Waals surface area contributed by atoms with E-state index < -0.39 is 16.2 Å². The maximum absolute atomic E-state index is 12.2. The number of fused-ring (bicyclic) bond motifs is 1. The lowest BCUT2D eigenvalue weighted by molar-refractivity contribution is -0.385. The Kier molecular flexibility index (Phi) is 4.84. The zero-order chi connectivity index (χ0) is 16.1. The highest BCUT2D eigenvalue weighted by Gasteiger charge is 2.22. The highest BCUT2D eigenvalue weighted by Crippen LogP contribution is 2.17. The quantitative estimate of drug-likeness (QED) is 0.361. The Hall–Kier alpha value is -2.74. The zero-order valence-electron chi connectivity index (χ0n) is 12.1. The molecule has 2 rings (SSSR count). The van der Waals surface area contributed by atoms with E-state index in [2.05, 4.69) is 16.9 Å². The van der Waals surface area contributed by atoms with Crippen molar-refractivity contribution < 1.29 is 9.66 Å². The molecule has 0 aliphatic carbocycles. The molecule has 0 bridgehead atoms. The van der Waals surface area contributed by atoms with Crippen molar-refractivity contribution in [1.82, 2.24) is 9.38 Å². The summed E-state index contributed by atoms with van der Waals surface area (Å²) in [5.74, 6) is -0.0554. The van der Waals surface area contributed by atoms with Crippen molar-refractivity contribution in [3.8, 4) is 0 Å². The van der Waals surface area contributed by atoms with Gasteiger partial charge in [-0.15, -0.1) is 0 Å². The summed E-state index contributed by atoms with van der Waals surface area (Å²) in [6, 6.07) is 4.92. The van der Waals surface area contributed by atoms with E-state index in [0.29, 0.717) is 25.4 Å². The number of ether oxygens (including phenoxy) is 1. The molecule has 2 heterocycles. The monoisotopic (exact) mass is 304 g/mol. The Morgan fingerprint density at radius 2 is 2.32 bits per heavy atom. The van der Waals surface area contributed by atoms with Gasteiger partial charge in [-0.2, -0.15) is 0 Å². The van der Waals surface area contributed by atoms with Gasteiger partial charge in [0.05, 0.1) is 18.1 Å². The van der Waals surface area contributed by atoms with E-state index >= 15 is 0 Å². The molecule has 2 aromatic rings. The van der Waals surface area contributed by atoms with Gasteiger partial charge in [0.25, 0.3) is 0 Å². The molecular formula is C14H16N4O4. The first-order chi connectivity index (χ1) is 10.5. The summed E-state index contributed by atoms with van der Waals surface area (Å²) in [6.45, 7) is 6.57. The van der Waals surface area contributed by atoms with Gasteiger partial charge in [-0.3, -0.25) is 19.3 Å². The highest BCUT2D eigenvalue weighted by atomic mass is 16.6. The summed E-state index contributed by atoms with van der Waals surface area (Å²) in [5, 5.41) is 13.9. The van der Waals surface area contributed by atoms with E-state index in [1.54, 1.807) is 18.2 Å². The minimum absolute atomic E-state index is 0.0554. The summed E-state index contributed by atoms with van der Waals surface area (Å²) in [4.78, 5) is 26.7. The van der Waals surface area contributed by atoms with Crippen molar-refractivity contribution in [2.24, 2.45) is 0 Å². The molecule has 0 unspecified atom stereocenters. The fourth-order valence-electron chi connectivity index (χ4n) is 1.86. The Morgan fingerprint density at radius 1 is 1.55 bits per heavy atom. The molecule has 2 aromatic heterocycles. The number of nitrogens with zero attached hydrogens (tertiary/aromatic N) is 3. The van der Waals surface area contributed by atoms with E-state index in [1.807, 2.05) is 6.92 Å². The van der Waals surface area contributed by atoms with Crippen LogP contribution in [0.2, 0.25) is 0 Å². The first kappa shape index (κ1) is 15.6. The van der Waals surface area contributed by atoms with Crippen molar-refractivity contribution in [3.63, 3.8) is 0 Å². The van der Waals surface area contributed by atoms with E-state index in [4.69, 9.17) is 4.74 Å². The first-order valence-electron chi connectivity index (χ1n) is 6.62. The first-order valence-corrected chi connectivity index (χ1v) is 6.62. The van der Waals surface area contributed by atoms with Crippen molar-refractivity contribution in [3.05, 3.63) is 57.0 Å². The third-order valence-corrected chi connectivity index (χ3v) is 2.78. The normalized spacial score (nSPS) is 10.6. The van der Waals surface area contributed by atoms with Gasteiger partial charge in [0.2, 0.25) is 5.82 Å². The van der Waals surface area contributed by atoms with Crippen LogP contribution in [0.1, 0.15) is 6.92 Å². The molecule has 0 saturated heterocycles. The van der Waals surface area contributed by atoms with Gasteiger partial charge in [-0.05, 0) is 19.1 Å². The van der Waals surface area contributed by atoms with Crippen LogP contribution in [0, 0.1) is 10.1 Å². The predicted molar refractivity (Wildman–Crippen MR) is 82.2 cm³/mol. The minimum Gasteiger partial charge on any atom is -0.375 e. The molecule has 0 aliphatic rings. The molecule has 0 saturated carbocycles. The zero-order valence-corrected chi connectivity index (χ0v) is 12.1. The van der Waals surface area contributed by atoms with Crippen molar-refractivity contribution >= 4 is 17.2 Å². The molecule has 0 radical (unpaired) electrons. The minimum atomic E-state index is -0.730. The second-order valence-corrected chi connectivity index (χ2v) is 4.74. The summed E-state index contributed by atoms with van der Waals surface area (Å²) in [5.41, 5.74) is -0.0823. The van der Waals surface area contributed by atoms with Gasteiger partial charge in [0.1, 0.15) is 5.65 Å². The van der Waals surface area contributed by atoms with Crippen molar-refractivity contribution in [1.29, 1.82) is 0 Å². The predicted octanol–water partition coefficient (Wildman–Crippen LogP) is 1.61. The summed E-state index contributed by atoms with van der Waals surface area (Å²) in [6.07, 6.45) is 1.44. The number of aromatic nitrogens is 2. The Labute approximate surface area is 126 Å². The molecule has 1 N–H and O–H groups in total.